The Kier molecular flexibility index (Phi) is 3.13. The minimum absolute atomic E-state index is 0.115. The van der Waals surface area contributed by atoms with Crippen LogP contribution in [0, 0.1) is 6.57 Å². The van der Waals surface area contributed by atoms with Crippen LogP contribution >= 0.6 is 11.6 Å². The molecule has 1 aromatic heterocycles. The van der Waals surface area contributed by atoms with Crippen molar-refractivity contribution in [2.24, 2.45) is 0 Å². The van der Waals surface area contributed by atoms with Crippen molar-refractivity contribution < 1.29 is 9.47 Å². The Morgan fingerprint density at radius 3 is 2.44 bits per heavy atom. The molecule has 0 atom stereocenters. The second-order valence-corrected chi connectivity index (χ2v) is 3.86. The lowest BCUT2D eigenvalue weighted by Crippen LogP contribution is -2.05. The maximum atomic E-state index is 11.6. The summed E-state index contributed by atoms with van der Waals surface area (Å²) in [6, 6.07) is 3.23. The summed E-state index contributed by atoms with van der Waals surface area (Å²) in [5.74, 6) is 0.960. The first-order chi connectivity index (χ1) is 8.62. The van der Waals surface area contributed by atoms with Gasteiger partial charge in [-0.15, -0.1) is 0 Å². The molecular weight excluding hydrogens is 256 g/mol. The van der Waals surface area contributed by atoms with Crippen molar-refractivity contribution in [2.75, 3.05) is 14.2 Å². The smallest absolute Gasteiger partial charge is 0.269 e. The lowest BCUT2D eigenvalue weighted by atomic mass is 10.2. The van der Waals surface area contributed by atoms with Crippen LogP contribution in [0.1, 0.15) is 0 Å². The van der Waals surface area contributed by atoms with Crippen LogP contribution < -0.4 is 15.0 Å². The first kappa shape index (κ1) is 12.3. The van der Waals surface area contributed by atoms with E-state index >= 15 is 0 Å². The SMILES string of the molecule is [C-]#[N+]c1c(Cl)c2cc(OC)c(OC)cc2[nH]c1=O. The van der Waals surface area contributed by atoms with E-state index < -0.39 is 5.56 Å². The largest absolute Gasteiger partial charge is 0.493 e. The number of H-pyrrole nitrogens is 1. The van der Waals surface area contributed by atoms with Gasteiger partial charge in [-0.3, -0.25) is 4.79 Å². The predicted molar refractivity (Wildman–Crippen MR) is 68.9 cm³/mol. The quantitative estimate of drug-likeness (QED) is 0.849. The summed E-state index contributed by atoms with van der Waals surface area (Å²) >= 11 is 6.04. The van der Waals surface area contributed by atoms with Crippen LogP contribution in [0.3, 0.4) is 0 Å². The van der Waals surface area contributed by atoms with Crippen molar-refractivity contribution in [3.8, 4) is 11.5 Å². The fourth-order valence-corrected chi connectivity index (χ4v) is 1.96. The van der Waals surface area contributed by atoms with Gasteiger partial charge in [-0.1, -0.05) is 11.6 Å². The number of hydrogen-bond acceptors (Lipinski definition) is 3. The average molecular weight is 265 g/mol. The zero-order valence-electron chi connectivity index (χ0n) is 9.70. The Balaban J connectivity index is 2.91. The summed E-state index contributed by atoms with van der Waals surface area (Å²) in [6.07, 6.45) is 0. The number of rotatable bonds is 2. The third kappa shape index (κ3) is 1.77. The number of pyridine rings is 1. The van der Waals surface area contributed by atoms with E-state index in [0.717, 1.165) is 0 Å². The number of benzene rings is 1. The van der Waals surface area contributed by atoms with E-state index in [1.165, 1.54) is 14.2 Å². The van der Waals surface area contributed by atoms with E-state index in [0.29, 0.717) is 22.4 Å². The molecule has 0 aliphatic carbocycles. The van der Waals surface area contributed by atoms with Crippen molar-refractivity contribution in [1.82, 2.24) is 4.98 Å². The standard InChI is InChI=1S/C12H9ClN2O3/c1-14-11-10(13)6-4-8(17-2)9(18-3)5-7(6)15-12(11)16/h4-5H,2-3H3,(H,15,16). The average Bonchev–Trinajstić information content (AvgIpc) is 2.37. The van der Waals surface area contributed by atoms with Crippen molar-refractivity contribution in [2.45, 2.75) is 0 Å². The molecule has 0 aliphatic heterocycles. The highest BCUT2D eigenvalue weighted by Crippen LogP contribution is 2.36. The molecule has 6 heteroatoms. The van der Waals surface area contributed by atoms with Gasteiger partial charge in [-0.25, -0.2) is 4.85 Å². The van der Waals surface area contributed by atoms with E-state index in [2.05, 4.69) is 9.83 Å². The number of hydrogen-bond donors (Lipinski definition) is 1. The van der Waals surface area contributed by atoms with Crippen molar-refractivity contribution in [3.05, 3.63) is 38.9 Å². The molecule has 0 aliphatic rings. The van der Waals surface area contributed by atoms with Crippen LogP contribution in [0.5, 0.6) is 11.5 Å². The van der Waals surface area contributed by atoms with Crippen LogP contribution in [0.25, 0.3) is 15.7 Å². The molecule has 0 amide bonds. The molecule has 18 heavy (non-hydrogen) atoms. The number of aromatic nitrogens is 1. The number of nitrogens with zero attached hydrogens (tertiary/aromatic N) is 1. The maximum absolute atomic E-state index is 11.6. The van der Waals surface area contributed by atoms with E-state index in [1.807, 2.05) is 0 Å². The molecule has 0 fully saturated rings. The summed E-state index contributed by atoms with van der Waals surface area (Å²) in [5, 5.41) is 0.657. The third-order valence-electron chi connectivity index (χ3n) is 2.54. The van der Waals surface area contributed by atoms with Crippen LogP contribution in [-0.2, 0) is 0 Å². The molecule has 92 valence electrons. The van der Waals surface area contributed by atoms with E-state index in [4.69, 9.17) is 27.6 Å². The van der Waals surface area contributed by atoms with Gasteiger partial charge in [0.15, 0.2) is 11.5 Å². The van der Waals surface area contributed by atoms with E-state index in [1.54, 1.807) is 12.1 Å². The number of halogens is 1. The molecule has 0 spiro atoms. The summed E-state index contributed by atoms with van der Waals surface area (Å²) in [5.41, 5.74) is -0.152. The normalized spacial score (nSPS) is 10.1. The van der Waals surface area contributed by atoms with Gasteiger partial charge in [0.2, 0.25) is 0 Å². The molecule has 0 unspecified atom stereocenters. The number of ether oxygens (including phenoxy) is 2. The van der Waals surface area contributed by atoms with Crippen LogP contribution in [-0.4, -0.2) is 19.2 Å². The molecule has 5 nitrogen and oxygen atoms in total. The summed E-state index contributed by atoms with van der Waals surface area (Å²) < 4.78 is 10.3. The van der Waals surface area contributed by atoms with Crippen LogP contribution in [0.15, 0.2) is 16.9 Å². The van der Waals surface area contributed by atoms with Crippen LogP contribution in [0.4, 0.5) is 5.69 Å². The Bertz CT molecular complexity index is 716. The summed E-state index contributed by atoms with van der Waals surface area (Å²) in [4.78, 5) is 17.3. The van der Waals surface area contributed by atoms with Crippen molar-refractivity contribution in [1.29, 1.82) is 0 Å². The number of methoxy groups -OCH3 is 2. The Labute approximate surface area is 108 Å². The second-order valence-electron chi connectivity index (χ2n) is 3.48. The van der Waals surface area contributed by atoms with Crippen molar-refractivity contribution in [3.63, 3.8) is 0 Å². The number of fused-ring (bicyclic) bond motifs is 1. The topological polar surface area (TPSA) is 55.7 Å². The van der Waals surface area contributed by atoms with Gasteiger partial charge >= 0.3 is 0 Å². The second kappa shape index (κ2) is 4.59. The summed E-state index contributed by atoms with van der Waals surface area (Å²) in [7, 11) is 3.00. The first-order valence-corrected chi connectivity index (χ1v) is 5.35. The molecule has 0 radical (unpaired) electrons. The maximum Gasteiger partial charge on any atom is 0.269 e. The zero-order valence-corrected chi connectivity index (χ0v) is 10.5. The highest BCUT2D eigenvalue weighted by atomic mass is 35.5. The number of aromatic amines is 1. The van der Waals surface area contributed by atoms with Gasteiger partial charge in [-0.2, -0.15) is 0 Å². The van der Waals surface area contributed by atoms with Crippen molar-refractivity contribution >= 4 is 28.2 Å². The molecule has 1 N–H and O–H groups in total. The molecule has 1 aromatic carbocycles. The predicted octanol–water partition coefficient (Wildman–Crippen LogP) is 2.75. The third-order valence-corrected chi connectivity index (χ3v) is 2.93. The molecule has 1 heterocycles. The van der Waals surface area contributed by atoms with Gasteiger partial charge in [-0.05, 0) is 6.07 Å². The zero-order chi connectivity index (χ0) is 13.3. The lowest BCUT2D eigenvalue weighted by Gasteiger charge is -2.10. The van der Waals surface area contributed by atoms with E-state index in [9.17, 15) is 4.79 Å². The lowest BCUT2D eigenvalue weighted by molar-refractivity contribution is 0.356. The summed E-state index contributed by atoms with van der Waals surface area (Å²) in [6.45, 7) is 6.94. The molecule has 2 aromatic rings. The van der Waals surface area contributed by atoms with Crippen LogP contribution in [0.2, 0.25) is 5.02 Å². The van der Waals surface area contributed by atoms with Gasteiger partial charge in [0, 0.05) is 11.5 Å². The van der Waals surface area contributed by atoms with Gasteiger partial charge in [0.05, 0.1) is 31.3 Å². The van der Waals surface area contributed by atoms with Gasteiger partial charge in [0.25, 0.3) is 11.2 Å². The molecule has 2 rings (SSSR count). The fraction of sp³-hybridized carbons (Fsp3) is 0.167. The van der Waals surface area contributed by atoms with Gasteiger partial charge < -0.3 is 14.5 Å². The Morgan fingerprint density at radius 1 is 1.28 bits per heavy atom. The molecule has 0 saturated carbocycles. The minimum Gasteiger partial charge on any atom is -0.493 e. The first-order valence-electron chi connectivity index (χ1n) is 4.97. The highest BCUT2D eigenvalue weighted by Gasteiger charge is 2.14. The molecule has 0 bridgehead atoms. The highest BCUT2D eigenvalue weighted by molar-refractivity contribution is 6.38. The fourth-order valence-electron chi connectivity index (χ4n) is 1.67. The van der Waals surface area contributed by atoms with E-state index in [-0.39, 0.29) is 10.7 Å². The number of nitrogens with one attached hydrogen (secondary N) is 1. The minimum atomic E-state index is -0.519. The molecular formula is C12H9ClN2O3. The van der Waals surface area contributed by atoms with Gasteiger partial charge in [0.1, 0.15) is 0 Å². The Morgan fingerprint density at radius 2 is 1.89 bits per heavy atom. The monoisotopic (exact) mass is 264 g/mol. The Hall–Kier alpha value is -2.19. The molecule has 0 saturated heterocycles.